The van der Waals surface area contributed by atoms with Crippen molar-refractivity contribution < 1.29 is 47.6 Å². The van der Waals surface area contributed by atoms with Gasteiger partial charge in [-0.05, 0) is 0 Å². The predicted octanol–water partition coefficient (Wildman–Crippen LogP) is 0.670. The monoisotopic (exact) mass is 366 g/mol. The number of rotatable bonds is 9. The summed E-state index contributed by atoms with van der Waals surface area (Å²) in [6.07, 6.45) is 3.98. The van der Waals surface area contributed by atoms with E-state index in [1.54, 1.807) is 0 Å². The van der Waals surface area contributed by atoms with Crippen molar-refractivity contribution in [3.8, 4) is 24.7 Å². The third-order valence-electron chi connectivity index (χ3n) is 2.13. The zero-order chi connectivity index (χ0) is 19.9. The minimum absolute atomic E-state index is 0.491. The van der Waals surface area contributed by atoms with Crippen LogP contribution in [-0.4, -0.2) is 49.7 Å². The lowest BCUT2D eigenvalue weighted by Crippen LogP contribution is -2.47. The summed E-state index contributed by atoms with van der Waals surface area (Å²) in [6, 6.07) is 0. The summed E-state index contributed by atoms with van der Waals surface area (Å²) in [5.74, 6) is 1.26. The van der Waals surface area contributed by atoms with E-state index in [4.69, 9.17) is 12.8 Å². The van der Waals surface area contributed by atoms with E-state index in [2.05, 4.69) is 41.6 Å². The molecule has 0 aliphatic carbocycles. The van der Waals surface area contributed by atoms with E-state index in [1.807, 2.05) is 11.8 Å². The topological polar surface area (TPSA) is 124 Å². The van der Waals surface area contributed by atoms with Crippen LogP contribution in [-0.2, 0) is 38.0 Å². The zero-order valence-corrected chi connectivity index (χ0v) is 13.4. The summed E-state index contributed by atoms with van der Waals surface area (Å²) in [6.45, 7) is 5.27. The van der Waals surface area contributed by atoms with Gasteiger partial charge in [-0.2, -0.15) is 0 Å². The number of hydrogen-bond donors (Lipinski definition) is 0. The quantitative estimate of drug-likeness (QED) is 0.249. The molecule has 0 fully saturated rings. The molecule has 26 heavy (non-hydrogen) atoms. The van der Waals surface area contributed by atoms with Crippen molar-refractivity contribution in [2.75, 3.05) is 13.2 Å². The number of hydrogen-bond acceptors (Lipinski definition) is 10. The van der Waals surface area contributed by atoms with Crippen LogP contribution in [0.4, 0.5) is 9.59 Å². The maximum atomic E-state index is 11.9. The lowest BCUT2D eigenvalue weighted by atomic mass is 10.2. The van der Waals surface area contributed by atoms with E-state index in [0.717, 1.165) is 0 Å². The van der Waals surface area contributed by atoms with Gasteiger partial charge in [0.05, 0.1) is 12.5 Å². The largest absolute Gasteiger partial charge is 0.510 e. The molecule has 2 unspecified atom stereocenters. The second kappa shape index (κ2) is 12.5. The maximum absolute atomic E-state index is 11.9. The van der Waals surface area contributed by atoms with Gasteiger partial charge in [-0.15, -0.1) is 12.8 Å². The average molecular weight is 366 g/mol. The molecule has 0 bridgehead atoms. The molecule has 0 aliphatic heterocycles. The third-order valence-corrected chi connectivity index (χ3v) is 2.13. The van der Waals surface area contributed by atoms with Crippen LogP contribution < -0.4 is 0 Å². The lowest BCUT2D eigenvalue weighted by Gasteiger charge is -2.22. The van der Waals surface area contributed by atoms with Gasteiger partial charge in [-0.25, -0.2) is 19.2 Å². The van der Waals surface area contributed by atoms with Crippen molar-refractivity contribution >= 4 is 24.2 Å². The first-order chi connectivity index (χ1) is 12.4. The fourth-order valence-electron chi connectivity index (χ4n) is 1.24. The Kier molecular flexibility index (Phi) is 10.6. The van der Waals surface area contributed by atoms with Gasteiger partial charge in [0.25, 0.3) is 0 Å². The number of carbonyl (C=O) groups is 4. The van der Waals surface area contributed by atoms with Crippen LogP contribution in [0.1, 0.15) is 0 Å². The van der Waals surface area contributed by atoms with E-state index < -0.39 is 49.7 Å². The van der Waals surface area contributed by atoms with Gasteiger partial charge in [-0.1, -0.05) is 25.0 Å². The third kappa shape index (κ3) is 8.08. The van der Waals surface area contributed by atoms with Gasteiger partial charge in [0.15, 0.2) is 13.2 Å². The van der Waals surface area contributed by atoms with E-state index >= 15 is 0 Å². The van der Waals surface area contributed by atoms with Gasteiger partial charge < -0.3 is 28.4 Å². The molecular formula is C16H14O10. The van der Waals surface area contributed by atoms with Crippen LogP contribution in [0.3, 0.4) is 0 Å². The Morgan fingerprint density at radius 3 is 1.42 bits per heavy atom. The Morgan fingerprint density at radius 1 is 0.808 bits per heavy atom. The SMILES string of the molecule is C#CCOC(=O)OC(C(=O)OC=C)C(OC(=O)OCC#C)C(=O)OC=C. The molecule has 10 heteroatoms. The Balaban J connectivity index is 5.52. The first-order valence-electron chi connectivity index (χ1n) is 6.57. The maximum Gasteiger partial charge on any atom is 0.510 e. The van der Waals surface area contributed by atoms with Crippen molar-refractivity contribution in [1.82, 2.24) is 0 Å². The van der Waals surface area contributed by atoms with Gasteiger partial charge in [0.2, 0.25) is 12.2 Å². The molecule has 0 aromatic heterocycles. The van der Waals surface area contributed by atoms with Crippen molar-refractivity contribution in [1.29, 1.82) is 0 Å². The fraction of sp³-hybridized carbons (Fsp3) is 0.250. The van der Waals surface area contributed by atoms with E-state index in [0.29, 0.717) is 12.5 Å². The van der Waals surface area contributed by atoms with E-state index in [9.17, 15) is 19.2 Å². The second-order valence-electron chi connectivity index (χ2n) is 3.77. The Bertz CT molecular complexity index is 580. The van der Waals surface area contributed by atoms with Crippen LogP contribution in [0.25, 0.3) is 0 Å². The van der Waals surface area contributed by atoms with Crippen molar-refractivity contribution in [3.05, 3.63) is 25.7 Å². The number of esters is 2. The molecule has 0 aromatic rings. The normalized spacial score (nSPS) is 11.2. The first-order valence-corrected chi connectivity index (χ1v) is 6.57. The number of terminal acetylenes is 2. The highest BCUT2D eigenvalue weighted by Gasteiger charge is 2.43. The Labute approximate surface area is 148 Å². The molecule has 0 rings (SSSR count). The van der Waals surface area contributed by atoms with Gasteiger partial charge in [0.1, 0.15) is 0 Å². The predicted molar refractivity (Wildman–Crippen MR) is 82.7 cm³/mol. The standard InChI is InChI=1S/C16H14O10/c1-5-9-23-15(19)25-11(13(17)21-7-3)12(14(18)22-8-4)26-16(20)24-10-6-2/h1-2,7-8,11-12H,3-4,9-10H2. The minimum Gasteiger partial charge on any atom is -0.432 e. The molecule has 2 atom stereocenters. The summed E-state index contributed by atoms with van der Waals surface area (Å²) < 4.78 is 26.9. The van der Waals surface area contributed by atoms with Crippen LogP contribution in [0.2, 0.25) is 0 Å². The fourth-order valence-corrected chi connectivity index (χ4v) is 1.24. The Morgan fingerprint density at radius 2 is 1.15 bits per heavy atom. The molecule has 10 nitrogen and oxygen atoms in total. The molecule has 0 radical (unpaired) electrons. The highest BCUT2D eigenvalue weighted by atomic mass is 16.8. The molecule has 138 valence electrons. The van der Waals surface area contributed by atoms with Gasteiger partial charge >= 0.3 is 24.2 Å². The van der Waals surface area contributed by atoms with Crippen molar-refractivity contribution in [2.24, 2.45) is 0 Å². The van der Waals surface area contributed by atoms with Crippen LogP contribution in [0, 0.1) is 24.7 Å². The highest BCUT2D eigenvalue weighted by Crippen LogP contribution is 2.12. The summed E-state index contributed by atoms with van der Waals surface area (Å²) in [5, 5.41) is 0. The van der Waals surface area contributed by atoms with Crippen LogP contribution in [0.15, 0.2) is 25.7 Å². The molecule has 0 saturated heterocycles. The van der Waals surface area contributed by atoms with Crippen LogP contribution in [0.5, 0.6) is 0 Å². The summed E-state index contributed by atoms with van der Waals surface area (Å²) in [4.78, 5) is 46.9. The smallest absolute Gasteiger partial charge is 0.432 e. The molecule has 0 N–H and O–H groups in total. The molecule has 0 saturated carbocycles. The summed E-state index contributed by atoms with van der Waals surface area (Å²) in [7, 11) is 0. The van der Waals surface area contributed by atoms with Gasteiger partial charge in [0, 0.05) is 0 Å². The Hall–Kier alpha value is -3.92. The minimum atomic E-state index is -2.14. The zero-order valence-electron chi connectivity index (χ0n) is 13.4. The second-order valence-corrected chi connectivity index (χ2v) is 3.77. The summed E-state index contributed by atoms with van der Waals surface area (Å²) >= 11 is 0. The molecule has 0 amide bonds. The number of ether oxygens (including phenoxy) is 6. The molecule has 0 spiro atoms. The lowest BCUT2D eigenvalue weighted by molar-refractivity contribution is -0.170. The molecule has 0 aliphatic rings. The molecular weight excluding hydrogens is 352 g/mol. The van der Waals surface area contributed by atoms with Crippen molar-refractivity contribution in [3.63, 3.8) is 0 Å². The molecule has 0 heterocycles. The van der Waals surface area contributed by atoms with E-state index in [-0.39, 0.29) is 0 Å². The highest BCUT2D eigenvalue weighted by molar-refractivity contribution is 5.88. The first kappa shape index (κ1) is 22.1. The van der Waals surface area contributed by atoms with Crippen LogP contribution >= 0.6 is 0 Å². The van der Waals surface area contributed by atoms with Gasteiger partial charge in [-0.3, -0.25) is 0 Å². The average Bonchev–Trinajstić information content (AvgIpc) is 2.61. The van der Waals surface area contributed by atoms with Crippen molar-refractivity contribution in [2.45, 2.75) is 12.2 Å². The summed E-state index contributed by atoms with van der Waals surface area (Å²) in [5.41, 5.74) is 0. The molecule has 0 aromatic carbocycles. The van der Waals surface area contributed by atoms with E-state index in [1.165, 1.54) is 0 Å². The number of carbonyl (C=O) groups excluding carboxylic acids is 4.